The number of aliphatic carboxylic acids is 1. The van der Waals surface area contributed by atoms with Crippen molar-refractivity contribution in [3.8, 4) is 17.0 Å². The number of benzene rings is 2. The van der Waals surface area contributed by atoms with Gasteiger partial charge in [0.15, 0.2) is 0 Å². The largest absolute Gasteiger partial charge is 0.480 e. The summed E-state index contributed by atoms with van der Waals surface area (Å²) in [5, 5.41) is 23.0. The van der Waals surface area contributed by atoms with Gasteiger partial charge in [0.2, 0.25) is 17.9 Å². The number of nitrogens with zero attached hydrogens (tertiary/aromatic N) is 3. The normalized spacial score (nSPS) is 18.6. The van der Waals surface area contributed by atoms with Crippen molar-refractivity contribution in [2.75, 3.05) is 35.6 Å². The lowest BCUT2D eigenvalue weighted by Crippen LogP contribution is -2.41. The molecule has 0 saturated carbocycles. The Kier molecular flexibility index (Phi) is 9.24. The topological polar surface area (TPSA) is 149 Å². The molecule has 3 aromatic rings. The molecule has 0 amide bonds. The SMILES string of the molecule is CC(=N)/C=C\Nc1cc(-c2ccc(C)c(C)c2)ccc1[C@@H](Oc1cc(N2CCC3(CC2)CN[C@H](C(=O)O)C3)nc(N)n1)C(F)(F)F. The van der Waals surface area contributed by atoms with Crippen LogP contribution in [0.5, 0.6) is 5.88 Å². The maximum absolute atomic E-state index is 14.7. The number of piperidine rings is 1. The first kappa shape index (κ1) is 32.7. The van der Waals surface area contributed by atoms with Gasteiger partial charge in [-0.25, -0.2) is 0 Å². The molecule has 2 aliphatic heterocycles. The molecule has 2 aliphatic rings. The van der Waals surface area contributed by atoms with Crippen LogP contribution < -0.4 is 26.0 Å². The quantitative estimate of drug-likeness (QED) is 0.178. The second kappa shape index (κ2) is 13.0. The van der Waals surface area contributed by atoms with Crippen LogP contribution in [0.1, 0.15) is 49.0 Å². The zero-order valence-electron chi connectivity index (χ0n) is 25.9. The van der Waals surface area contributed by atoms with Crippen molar-refractivity contribution in [3.63, 3.8) is 0 Å². The smallest absolute Gasteiger partial charge is 0.429 e. The molecule has 6 N–H and O–H groups in total. The van der Waals surface area contributed by atoms with E-state index >= 15 is 0 Å². The number of carboxylic acids is 1. The molecule has 0 aliphatic carbocycles. The summed E-state index contributed by atoms with van der Waals surface area (Å²) in [5.41, 5.74) is 9.72. The Hall–Kier alpha value is -4.65. The van der Waals surface area contributed by atoms with Crippen LogP contribution in [0.4, 0.5) is 30.6 Å². The molecule has 0 radical (unpaired) electrons. The van der Waals surface area contributed by atoms with Crippen molar-refractivity contribution in [2.24, 2.45) is 5.41 Å². The van der Waals surface area contributed by atoms with Crippen LogP contribution in [0.25, 0.3) is 11.1 Å². The molecular weight excluding hydrogens is 599 g/mol. The number of hydrogen-bond donors (Lipinski definition) is 5. The Labute approximate surface area is 265 Å². The Morgan fingerprint density at radius 2 is 1.85 bits per heavy atom. The van der Waals surface area contributed by atoms with E-state index in [9.17, 15) is 23.1 Å². The van der Waals surface area contributed by atoms with E-state index in [0.29, 0.717) is 50.3 Å². The zero-order valence-corrected chi connectivity index (χ0v) is 25.9. The van der Waals surface area contributed by atoms with Crippen LogP contribution in [0.3, 0.4) is 0 Å². The minimum atomic E-state index is -4.83. The highest BCUT2D eigenvalue weighted by Gasteiger charge is 2.46. The maximum atomic E-state index is 14.7. The van der Waals surface area contributed by atoms with Crippen molar-refractivity contribution in [1.82, 2.24) is 15.3 Å². The summed E-state index contributed by atoms with van der Waals surface area (Å²) in [6.45, 7) is 7.17. The predicted octanol–water partition coefficient (Wildman–Crippen LogP) is 6.02. The highest BCUT2D eigenvalue weighted by atomic mass is 19.4. The fraction of sp³-hybridized carbons (Fsp3) is 0.394. The van der Waals surface area contributed by atoms with Crippen molar-refractivity contribution < 1.29 is 27.8 Å². The van der Waals surface area contributed by atoms with Crippen molar-refractivity contribution >= 4 is 29.1 Å². The van der Waals surface area contributed by atoms with Crippen LogP contribution in [-0.4, -0.2) is 58.6 Å². The molecule has 2 saturated heterocycles. The number of aryl methyl sites for hydroxylation is 2. The summed E-state index contributed by atoms with van der Waals surface area (Å²) in [6, 6.07) is 11.3. The lowest BCUT2D eigenvalue weighted by molar-refractivity contribution is -0.198. The number of rotatable bonds is 9. The van der Waals surface area contributed by atoms with E-state index in [2.05, 4.69) is 20.6 Å². The number of nitrogen functional groups attached to an aromatic ring is 1. The van der Waals surface area contributed by atoms with E-state index in [1.807, 2.05) is 36.9 Å². The monoisotopic (exact) mass is 637 g/mol. The molecule has 10 nitrogen and oxygen atoms in total. The summed E-state index contributed by atoms with van der Waals surface area (Å²) in [5.74, 6) is -1.08. The summed E-state index contributed by atoms with van der Waals surface area (Å²) < 4.78 is 49.8. The third kappa shape index (κ3) is 7.41. The highest BCUT2D eigenvalue weighted by Crippen LogP contribution is 2.43. The average Bonchev–Trinajstić information content (AvgIpc) is 3.40. The fourth-order valence-electron chi connectivity index (χ4n) is 6.03. The predicted molar refractivity (Wildman–Crippen MR) is 171 cm³/mol. The van der Waals surface area contributed by atoms with Crippen molar-refractivity contribution in [1.29, 1.82) is 5.41 Å². The molecule has 2 atom stereocenters. The molecule has 244 valence electrons. The zero-order chi connectivity index (χ0) is 33.2. The third-order valence-electron chi connectivity index (χ3n) is 8.80. The minimum absolute atomic E-state index is 0.156. The Morgan fingerprint density at radius 1 is 1.15 bits per heavy atom. The maximum Gasteiger partial charge on any atom is 0.429 e. The second-order valence-electron chi connectivity index (χ2n) is 12.2. The number of hydrogen-bond acceptors (Lipinski definition) is 9. The molecule has 1 aromatic heterocycles. The van der Waals surface area contributed by atoms with Crippen molar-refractivity contribution in [3.05, 3.63) is 71.4 Å². The van der Waals surface area contributed by atoms with Crippen LogP contribution in [-0.2, 0) is 4.79 Å². The van der Waals surface area contributed by atoms with Crippen LogP contribution >= 0.6 is 0 Å². The molecule has 0 bridgehead atoms. The number of carboxylic acid groups (broad SMARTS) is 1. The Balaban J connectivity index is 1.43. The molecule has 1 spiro atoms. The number of aromatic nitrogens is 2. The Bertz CT molecular complexity index is 1650. The van der Waals surface area contributed by atoms with Gasteiger partial charge in [0.05, 0.1) is 0 Å². The number of halogens is 3. The number of alkyl halides is 3. The highest BCUT2D eigenvalue weighted by molar-refractivity contribution is 5.90. The first-order chi connectivity index (χ1) is 21.7. The second-order valence-corrected chi connectivity index (χ2v) is 12.2. The lowest BCUT2D eigenvalue weighted by atomic mass is 9.76. The van der Waals surface area contributed by atoms with Gasteiger partial charge in [0.1, 0.15) is 11.9 Å². The van der Waals surface area contributed by atoms with Gasteiger partial charge in [-0.2, -0.15) is 23.1 Å². The summed E-state index contributed by atoms with van der Waals surface area (Å²) >= 11 is 0. The van der Waals surface area contributed by atoms with Gasteiger partial charge in [0, 0.05) is 48.9 Å². The van der Waals surface area contributed by atoms with Crippen LogP contribution in [0.15, 0.2) is 54.7 Å². The van der Waals surface area contributed by atoms with Gasteiger partial charge in [0.25, 0.3) is 0 Å². The van der Waals surface area contributed by atoms with Crippen molar-refractivity contribution in [2.45, 2.75) is 58.4 Å². The number of nitrogens with two attached hydrogens (primary N) is 1. The summed E-state index contributed by atoms with van der Waals surface area (Å²) in [6.07, 6.45) is -2.45. The van der Waals surface area contributed by atoms with E-state index in [1.54, 1.807) is 19.1 Å². The van der Waals surface area contributed by atoms with E-state index in [0.717, 1.165) is 16.7 Å². The van der Waals surface area contributed by atoms with E-state index in [4.69, 9.17) is 15.9 Å². The molecule has 5 rings (SSSR count). The van der Waals surface area contributed by atoms with Gasteiger partial charge < -0.3 is 36.5 Å². The van der Waals surface area contributed by atoms with E-state index in [1.165, 1.54) is 24.4 Å². The third-order valence-corrected chi connectivity index (χ3v) is 8.80. The number of ether oxygens (including phenoxy) is 1. The summed E-state index contributed by atoms with van der Waals surface area (Å²) in [7, 11) is 0. The molecule has 0 unspecified atom stereocenters. The van der Waals surface area contributed by atoms with Gasteiger partial charge in [-0.1, -0.05) is 30.3 Å². The molecule has 46 heavy (non-hydrogen) atoms. The van der Waals surface area contributed by atoms with Crippen LogP contribution in [0.2, 0.25) is 0 Å². The minimum Gasteiger partial charge on any atom is -0.480 e. The fourth-order valence-corrected chi connectivity index (χ4v) is 6.03. The molecule has 2 fully saturated rings. The van der Waals surface area contributed by atoms with Gasteiger partial charge >= 0.3 is 12.1 Å². The average molecular weight is 638 g/mol. The summed E-state index contributed by atoms with van der Waals surface area (Å²) in [4.78, 5) is 21.6. The molecule has 13 heteroatoms. The van der Waals surface area contributed by atoms with E-state index < -0.39 is 24.3 Å². The van der Waals surface area contributed by atoms with Gasteiger partial charge in [-0.05, 0) is 79.8 Å². The number of nitrogens with one attached hydrogen (secondary N) is 3. The molecule has 3 heterocycles. The van der Waals surface area contributed by atoms with Gasteiger partial charge in [-0.3, -0.25) is 4.79 Å². The lowest BCUT2D eigenvalue weighted by Gasteiger charge is -2.39. The standard InChI is InChI=1S/C33H38F3N7O3/c1-19-4-5-22(14-20(19)2)23-6-7-24(25(15-23)39-11-8-21(3)37)29(33(34,35)36)46-28-16-27(41-31(38)42-28)43-12-9-32(10-13-43)17-26(30(44)45)40-18-32/h4-8,11,14-16,26,29,37,39-40H,9-10,12-13,17-18H2,1-3H3,(H,44,45)(H2,38,41,42)/b11-8-,37-21?/t26-,29+/m0/s1. The first-order valence-corrected chi connectivity index (χ1v) is 15.0. The Morgan fingerprint density at radius 3 is 2.48 bits per heavy atom. The molecule has 2 aromatic carbocycles. The number of allylic oxidation sites excluding steroid dienone is 1. The van der Waals surface area contributed by atoms with E-state index in [-0.39, 0.29) is 34.2 Å². The number of anilines is 3. The first-order valence-electron chi connectivity index (χ1n) is 15.0. The van der Waals surface area contributed by atoms with Crippen LogP contribution in [0, 0.1) is 24.7 Å². The molecular formula is C33H38F3N7O3. The van der Waals surface area contributed by atoms with Gasteiger partial charge in [-0.15, -0.1) is 0 Å². The number of carbonyl (C=O) groups is 1.